The topological polar surface area (TPSA) is 0 Å². The Hall–Kier alpha value is -0.00156. The standard InChI is InChI=1S/C8H11AsS/c1-9(2,10)8-6-4-3-5-7-8/h3-7H,1-2H3. The van der Waals surface area contributed by atoms with Gasteiger partial charge < -0.3 is 0 Å². The molecule has 2 heteroatoms. The van der Waals surface area contributed by atoms with Crippen molar-refractivity contribution in [2.45, 2.75) is 11.4 Å². The third-order valence-electron chi connectivity index (χ3n) is 1.38. The van der Waals surface area contributed by atoms with Gasteiger partial charge in [-0.15, -0.1) is 0 Å². The van der Waals surface area contributed by atoms with Crippen LogP contribution in [0.4, 0.5) is 0 Å². The zero-order valence-corrected chi connectivity index (χ0v) is 8.94. The third kappa shape index (κ3) is 2.00. The van der Waals surface area contributed by atoms with E-state index in [2.05, 4.69) is 35.7 Å². The van der Waals surface area contributed by atoms with E-state index in [4.69, 9.17) is 10.4 Å². The first-order chi connectivity index (χ1) is 4.61. The van der Waals surface area contributed by atoms with E-state index < -0.39 is 11.9 Å². The van der Waals surface area contributed by atoms with Gasteiger partial charge in [-0.2, -0.15) is 0 Å². The molecule has 1 rings (SSSR count). The zero-order chi connectivity index (χ0) is 7.61. The average Bonchev–Trinajstić information content (AvgIpc) is 1.88. The second-order valence-corrected chi connectivity index (χ2v) is 14.2. The minimum absolute atomic E-state index is 1.38. The van der Waals surface area contributed by atoms with Crippen LogP contribution in [0.15, 0.2) is 30.3 Å². The molecule has 0 nitrogen and oxygen atoms in total. The molecule has 0 aliphatic heterocycles. The van der Waals surface area contributed by atoms with Crippen molar-refractivity contribution in [2.75, 3.05) is 0 Å². The summed E-state index contributed by atoms with van der Waals surface area (Å²) in [6.45, 7) is 0. The first kappa shape index (κ1) is 8.10. The van der Waals surface area contributed by atoms with Gasteiger partial charge >= 0.3 is 68.4 Å². The molecule has 0 aliphatic rings. The van der Waals surface area contributed by atoms with Gasteiger partial charge in [0.2, 0.25) is 0 Å². The van der Waals surface area contributed by atoms with Gasteiger partial charge in [0.15, 0.2) is 0 Å². The Morgan fingerprint density at radius 1 is 1.10 bits per heavy atom. The monoisotopic (exact) mass is 214 g/mol. The molecule has 0 N–H and O–H groups in total. The van der Waals surface area contributed by atoms with Gasteiger partial charge in [-0.25, -0.2) is 0 Å². The van der Waals surface area contributed by atoms with Crippen LogP contribution < -0.4 is 4.35 Å². The molecular formula is C8H11AsS. The Balaban J connectivity index is 3.09. The number of hydrogen-bond donors (Lipinski definition) is 0. The van der Waals surface area contributed by atoms with Gasteiger partial charge in [-0.1, -0.05) is 0 Å². The van der Waals surface area contributed by atoms with E-state index in [1.165, 1.54) is 4.35 Å². The van der Waals surface area contributed by atoms with Crippen LogP contribution in [0.25, 0.3) is 0 Å². The molecule has 0 unspecified atom stereocenters. The first-order valence-electron chi connectivity index (χ1n) is 3.21. The Morgan fingerprint density at radius 2 is 1.60 bits per heavy atom. The van der Waals surface area contributed by atoms with E-state index in [1.54, 1.807) is 0 Å². The third-order valence-corrected chi connectivity index (χ3v) is 5.71. The van der Waals surface area contributed by atoms with Crippen LogP contribution >= 0.6 is 10.4 Å². The van der Waals surface area contributed by atoms with Gasteiger partial charge in [-0.3, -0.25) is 0 Å². The predicted octanol–water partition coefficient (Wildman–Crippen LogP) is 2.30. The van der Waals surface area contributed by atoms with E-state index in [-0.39, 0.29) is 0 Å². The van der Waals surface area contributed by atoms with Crippen LogP contribution in [0, 0.1) is 0 Å². The second-order valence-electron chi connectivity index (χ2n) is 2.69. The summed E-state index contributed by atoms with van der Waals surface area (Å²) in [6.07, 6.45) is 0. The van der Waals surface area contributed by atoms with E-state index in [1.807, 2.05) is 6.07 Å². The molecule has 0 atom stereocenters. The molecule has 10 heavy (non-hydrogen) atoms. The molecule has 0 amide bonds. The molecule has 0 heterocycles. The molecule has 0 saturated heterocycles. The average molecular weight is 214 g/mol. The van der Waals surface area contributed by atoms with Gasteiger partial charge in [0, 0.05) is 0 Å². The van der Waals surface area contributed by atoms with Crippen LogP contribution in [0.2, 0.25) is 11.4 Å². The predicted molar refractivity (Wildman–Crippen MR) is 51.1 cm³/mol. The quantitative estimate of drug-likeness (QED) is 0.646. The number of hydrogen-bond acceptors (Lipinski definition) is 1. The van der Waals surface area contributed by atoms with Gasteiger partial charge in [0.1, 0.15) is 0 Å². The minimum atomic E-state index is -1.76. The van der Waals surface area contributed by atoms with E-state index in [0.717, 1.165) is 0 Å². The molecular weight excluding hydrogens is 203 g/mol. The van der Waals surface area contributed by atoms with Crippen molar-refractivity contribution >= 4 is 26.6 Å². The number of rotatable bonds is 1. The maximum atomic E-state index is 5.42. The summed E-state index contributed by atoms with van der Waals surface area (Å²) >= 11 is -1.76. The molecule has 1 aromatic rings. The Kier molecular flexibility index (Phi) is 2.38. The fraction of sp³-hybridized carbons (Fsp3) is 0.250. The van der Waals surface area contributed by atoms with Crippen molar-refractivity contribution in [3.63, 3.8) is 0 Å². The molecule has 0 spiro atoms. The normalized spacial score (nSPS) is 11.4. The molecule has 0 radical (unpaired) electrons. The van der Waals surface area contributed by atoms with Gasteiger partial charge in [0.05, 0.1) is 0 Å². The summed E-state index contributed by atoms with van der Waals surface area (Å²) in [4.78, 5) is 0. The molecule has 0 aliphatic carbocycles. The maximum absolute atomic E-state index is 5.42. The summed E-state index contributed by atoms with van der Waals surface area (Å²) in [5.41, 5.74) is 4.42. The van der Waals surface area contributed by atoms with Crippen LogP contribution in [-0.4, -0.2) is 11.9 Å². The van der Waals surface area contributed by atoms with Crippen molar-refractivity contribution in [3.8, 4) is 0 Å². The zero-order valence-electron chi connectivity index (χ0n) is 6.24. The van der Waals surface area contributed by atoms with Crippen molar-refractivity contribution in [1.29, 1.82) is 0 Å². The van der Waals surface area contributed by atoms with Crippen LogP contribution in [-0.2, 0) is 0 Å². The Morgan fingerprint density at radius 3 is 1.90 bits per heavy atom. The van der Waals surface area contributed by atoms with Crippen molar-refractivity contribution in [1.82, 2.24) is 0 Å². The Bertz CT molecular complexity index is 247. The fourth-order valence-corrected chi connectivity index (χ4v) is 3.29. The molecule has 0 fully saturated rings. The van der Waals surface area contributed by atoms with Crippen molar-refractivity contribution < 1.29 is 0 Å². The molecule has 0 bridgehead atoms. The van der Waals surface area contributed by atoms with Crippen molar-refractivity contribution in [3.05, 3.63) is 30.3 Å². The molecule has 0 saturated carbocycles. The van der Waals surface area contributed by atoms with Crippen LogP contribution in [0.1, 0.15) is 0 Å². The van der Waals surface area contributed by atoms with Gasteiger partial charge in [0.25, 0.3) is 0 Å². The fourth-order valence-electron chi connectivity index (χ4n) is 0.787. The molecule has 54 valence electrons. The van der Waals surface area contributed by atoms with E-state index in [9.17, 15) is 0 Å². The van der Waals surface area contributed by atoms with Crippen LogP contribution in [0.3, 0.4) is 0 Å². The van der Waals surface area contributed by atoms with Crippen LogP contribution in [0.5, 0.6) is 0 Å². The summed E-state index contributed by atoms with van der Waals surface area (Å²) in [6, 6.07) is 10.4. The van der Waals surface area contributed by atoms with E-state index >= 15 is 0 Å². The number of benzene rings is 1. The van der Waals surface area contributed by atoms with Crippen molar-refractivity contribution in [2.24, 2.45) is 0 Å². The SMILES string of the molecule is C[As](C)(=S)c1ccccc1. The summed E-state index contributed by atoms with van der Waals surface area (Å²) in [7, 11) is 5.42. The Labute approximate surface area is 68.5 Å². The van der Waals surface area contributed by atoms with Gasteiger partial charge in [-0.05, 0) is 0 Å². The van der Waals surface area contributed by atoms with E-state index in [0.29, 0.717) is 0 Å². The summed E-state index contributed by atoms with van der Waals surface area (Å²) in [5, 5.41) is 0. The summed E-state index contributed by atoms with van der Waals surface area (Å²) in [5.74, 6) is 0. The molecule has 1 aromatic carbocycles. The summed E-state index contributed by atoms with van der Waals surface area (Å²) < 4.78 is 1.38. The second kappa shape index (κ2) is 2.94. The first-order valence-corrected chi connectivity index (χ1v) is 10.6. The molecule has 0 aromatic heterocycles.